The number of carboxylic acid groups (broad SMARTS) is 1. The largest absolute Gasteiger partial charge is 0.481 e. The van der Waals surface area contributed by atoms with Crippen LogP contribution in [0.15, 0.2) is 0 Å². The van der Waals surface area contributed by atoms with Gasteiger partial charge in [0.05, 0.1) is 5.75 Å². The van der Waals surface area contributed by atoms with Gasteiger partial charge in [0.1, 0.15) is 0 Å². The van der Waals surface area contributed by atoms with Gasteiger partial charge in [0.25, 0.3) is 0 Å². The molecule has 0 spiro atoms. The molecule has 1 heterocycles. The minimum Gasteiger partial charge on any atom is -0.481 e. The number of carboxylic acids is 1. The molecule has 1 saturated heterocycles. The first-order chi connectivity index (χ1) is 7.81. The van der Waals surface area contributed by atoms with Crippen LogP contribution in [0.25, 0.3) is 0 Å². The molecule has 0 saturated carbocycles. The lowest BCUT2D eigenvalue weighted by Crippen LogP contribution is -2.32. The molecule has 17 heavy (non-hydrogen) atoms. The third kappa shape index (κ3) is 4.63. The van der Waals surface area contributed by atoms with E-state index < -0.39 is 16.0 Å². The number of nitrogens with zero attached hydrogens (tertiary/aromatic N) is 1. The van der Waals surface area contributed by atoms with Gasteiger partial charge < -0.3 is 5.11 Å². The van der Waals surface area contributed by atoms with E-state index in [2.05, 4.69) is 0 Å². The number of aliphatic carboxylic acids is 1. The Hall–Kier alpha value is -0.620. The van der Waals surface area contributed by atoms with E-state index in [0.717, 1.165) is 6.42 Å². The van der Waals surface area contributed by atoms with Gasteiger partial charge in [-0.3, -0.25) is 4.79 Å². The molecule has 6 heteroatoms. The summed E-state index contributed by atoms with van der Waals surface area (Å²) in [5.74, 6) is -0.307. The topological polar surface area (TPSA) is 74.7 Å². The minimum absolute atomic E-state index is 0.123. The highest BCUT2D eigenvalue weighted by molar-refractivity contribution is 7.89. The first-order valence-electron chi connectivity index (χ1n) is 6.01. The monoisotopic (exact) mass is 263 g/mol. The Morgan fingerprint density at radius 2 is 2.12 bits per heavy atom. The first-order valence-corrected chi connectivity index (χ1v) is 7.62. The van der Waals surface area contributed by atoms with Gasteiger partial charge in [0.2, 0.25) is 10.0 Å². The van der Waals surface area contributed by atoms with Gasteiger partial charge in [-0.1, -0.05) is 13.8 Å². The highest BCUT2D eigenvalue weighted by atomic mass is 32.2. The number of sulfonamides is 1. The van der Waals surface area contributed by atoms with Gasteiger partial charge in [-0.25, -0.2) is 12.7 Å². The van der Waals surface area contributed by atoms with Crippen molar-refractivity contribution in [3.05, 3.63) is 0 Å². The van der Waals surface area contributed by atoms with Crippen molar-refractivity contribution >= 4 is 16.0 Å². The van der Waals surface area contributed by atoms with Crippen molar-refractivity contribution in [1.82, 2.24) is 4.31 Å². The Kier molecular flexibility index (Phi) is 4.94. The molecule has 1 fully saturated rings. The average Bonchev–Trinajstić information content (AvgIpc) is 2.61. The SMILES string of the molecule is CC(C)CS(=O)(=O)N1CCC(CCC(=O)O)C1. The molecule has 1 unspecified atom stereocenters. The third-order valence-electron chi connectivity index (χ3n) is 2.95. The molecule has 1 rings (SSSR count). The summed E-state index contributed by atoms with van der Waals surface area (Å²) in [6.45, 7) is 4.80. The molecule has 0 radical (unpaired) electrons. The highest BCUT2D eigenvalue weighted by Gasteiger charge is 2.31. The number of carbonyl (C=O) groups is 1. The van der Waals surface area contributed by atoms with Gasteiger partial charge in [-0.2, -0.15) is 0 Å². The van der Waals surface area contributed by atoms with Crippen LogP contribution >= 0.6 is 0 Å². The fourth-order valence-corrected chi connectivity index (χ4v) is 4.01. The van der Waals surface area contributed by atoms with Crippen LogP contribution in [0, 0.1) is 11.8 Å². The molecule has 0 aliphatic carbocycles. The number of hydrogen-bond acceptors (Lipinski definition) is 3. The number of rotatable bonds is 6. The molecule has 0 amide bonds. The standard InChI is InChI=1S/C11H21NO4S/c1-9(2)8-17(15,16)12-6-5-10(7-12)3-4-11(13)14/h9-10H,3-8H2,1-2H3,(H,13,14). The second kappa shape index (κ2) is 5.82. The molecule has 1 aliphatic rings. The maximum absolute atomic E-state index is 11.9. The van der Waals surface area contributed by atoms with Crippen molar-refractivity contribution in [1.29, 1.82) is 0 Å². The average molecular weight is 263 g/mol. The van der Waals surface area contributed by atoms with E-state index in [1.54, 1.807) is 0 Å². The van der Waals surface area contributed by atoms with Crippen LogP contribution < -0.4 is 0 Å². The quantitative estimate of drug-likeness (QED) is 0.780. The van der Waals surface area contributed by atoms with Crippen molar-refractivity contribution in [3.63, 3.8) is 0 Å². The molecule has 0 aromatic rings. The van der Waals surface area contributed by atoms with E-state index in [1.807, 2.05) is 13.8 Å². The molecule has 1 atom stereocenters. The molecular weight excluding hydrogens is 242 g/mol. The molecule has 0 aromatic carbocycles. The second-order valence-corrected chi connectivity index (χ2v) is 7.13. The Morgan fingerprint density at radius 3 is 2.65 bits per heavy atom. The minimum atomic E-state index is -3.14. The zero-order valence-corrected chi connectivity index (χ0v) is 11.2. The summed E-state index contributed by atoms with van der Waals surface area (Å²) >= 11 is 0. The molecule has 1 aliphatic heterocycles. The van der Waals surface area contributed by atoms with E-state index in [-0.39, 0.29) is 24.0 Å². The van der Waals surface area contributed by atoms with Gasteiger partial charge >= 0.3 is 5.97 Å². The lowest BCUT2D eigenvalue weighted by molar-refractivity contribution is -0.137. The van der Waals surface area contributed by atoms with Gasteiger partial charge in [-0.05, 0) is 24.7 Å². The van der Waals surface area contributed by atoms with E-state index in [4.69, 9.17) is 5.11 Å². The van der Waals surface area contributed by atoms with E-state index in [9.17, 15) is 13.2 Å². The summed E-state index contributed by atoms with van der Waals surface area (Å²) in [5, 5.41) is 8.59. The summed E-state index contributed by atoms with van der Waals surface area (Å²) in [6, 6.07) is 0. The van der Waals surface area contributed by atoms with Gasteiger partial charge in [0, 0.05) is 19.5 Å². The van der Waals surface area contributed by atoms with Gasteiger partial charge in [-0.15, -0.1) is 0 Å². The van der Waals surface area contributed by atoms with Crippen LogP contribution in [0.5, 0.6) is 0 Å². The van der Waals surface area contributed by atoms with Gasteiger partial charge in [0.15, 0.2) is 0 Å². The fourth-order valence-electron chi connectivity index (χ4n) is 2.14. The van der Waals surface area contributed by atoms with Crippen LogP contribution in [0.2, 0.25) is 0 Å². The van der Waals surface area contributed by atoms with E-state index >= 15 is 0 Å². The summed E-state index contributed by atoms with van der Waals surface area (Å²) < 4.78 is 25.4. The molecular formula is C11H21NO4S. The zero-order chi connectivity index (χ0) is 13.1. The molecule has 0 bridgehead atoms. The molecule has 1 N–H and O–H groups in total. The summed E-state index contributed by atoms with van der Waals surface area (Å²) in [6.07, 6.45) is 1.48. The molecule has 5 nitrogen and oxygen atoms in total. The smallest absolute Gasteiger partial charge is 0.303 e. The lowest BCUT2D eigenvalue weighted by atomic mass is 10.0. The maximum Gasteiger partial charge on any atom is 0.303 e. The van der Waals surface area contributed by atoms with Crippen molar-refractivity contribution in [2.45, 2.75) is 33.1 Å². The van der Waals surface area contributed by atoms with Crippen molar-refractivity contribution in [2.24, 2.45) is 11.8 Å². The molecule has 100 valence electrons. The van der Waals surface area contributed by atoms with Crippen LogP contribution in [-0.2, 0) is 14.8 Å². The third-order valence-corrected chi connectivity index (χ3v) is 5.16. The second-order valence-electron chi connectivity index (χ2n) is 5.12. The van der Waals surface area contributed by atoms with Crippen LogP contribution in [0.1, 0.15) is 33.1 Å². The van der Waals surface area contributed by atoms with E-state index in [0.29, 0.717) is 19.5 Å². The van der Waals surface area contributed by atoms with Crippen LogP contribution in [0.4, 0.5) is 0 Å². The highest BCUT2D eigenvalue weighted by Crippen LogP contribution is 2.24. The predicted octanol–water partition coefficient (Wildman–Crippen LogP) is 1.16. The summed E-state index contributed by atoms with van der Waals surface area (Å²) in [4.78, 5) is 10.4. The Balaban J connectivity index is 2.47. The Bertz CT molecular complexity index is 364. The van der Waals surface area contributed by atoms with Crippen LogP contribution in [0.3, 0.4) is 0 Å². The van der Waals surface area contributed by atoms with Crippen LogP contribution in [-0.4, -0.2) is 42.6 Å². The maximum atomic E-state index is 11.9. The first kappa shape index (κ1) is 14.4. The van der Waals surface area contributed by atoms with E-state index in [1.165, 1.54) is 4.31 Å². The Labute approximate surface area is 103 Å². The molecule has 0 aromatic heterocycles. The number of hydrogen-bond donors (Lipinski definition) is 1. The fraction of sp³-hybridized carbons (Fsp3) is 0.909. The van der Waals surface area contributed by atoms with Crippen molar-refractivity contribution < 1.29 is 18.3 Å². The van der Waals surface area contributed by atoms with Crippen molar-refractivity contribution in [3.8, 4) is 0 Å². The summed E-state index contributed by atoms with van der Waals surface area (Å²) in [5.41, 5.74) is 0. The lowest BCUT2D eigenvalue weighted by Gasteiger charge is -2.17. The zero-order valence-electron chi connectivity index (χ0n) is 10.4. The summed E-state index contributed by atoms with van der Waals surface area (Å²) in [7, 11) is -3.14. The predicted molar refractivity (Wildman–Crippen MR) is 65.2 cm³/mol. The Morgan fingerprint density at radius 1 is 1.47 bits per heavy atom. The van der Waals surface area contributed by atoms with Crippen molar-refractivity contribution in [2.75, 3.05) is 18.8 Å². The normalized spacial score (nSPS) is 22.2.